The zero-order chi connectivity index (χ0) is 10.7. The Morgan fingerprint density at radius 2 is 2.13 bits per heavy atom. The molecule has 4 heteroatoms. The molecule has 1 fully saturated rings. The molecule has 2 N–H and O–H groups in total. The van der Waals surface area contributed by atoms with Crippen LogP contribution in [0.1, 0.15) is 18.5 Å². The van der Waals surface area contributed by atoms with E-state index in [0.717, 1.165) is 13.1 Å². The molecule has 1 aliphatic rings. The fourth-order valence-corrected chi connectivity index (χ4v) is 1.82. The van der Waals surface area contributed by atoms with Crippen molar-refractivity contribution in [1.82, 2.24) is 10.3 Å². The van der Waals surface area contributed by atoms with Crippen LogP contribution in [-0.4, -0.2) is 23.2 Å². The van der Waals surface area contributed by atoms with Gasteiger partial charge in [-0.25, -0.2) is 4.85 Å². The first-order chi connectivity index (χ1) is 7.24. The quantitative estimate of drug-likeness (QED) is 0.674. The summed E-state index contributed by atoms with van der Waals surface area (Å²) < 4.78 is 0. The first-order valence-electron chi connectivity index (χ1n) is 5.02. The van der Waals surface area contributed by atoms with Crippen molar-refractivity contribution in [2.75, 3.05) is 13.1 Å². The SMILES string of the molecule is [C-]#[N+]c1ccc(C2(O)CCNCC2)nc1. The molecule has 1 aromatic rings. The van der Waals surface area contributed by atoms with E-state index in [-0.39, 0.29) is 0 Å². The number of hydrogen-bond donors (Lipinski definition) is 2. The van der Waals surface area contributed by atoms with Gasteiger partial charge in [0.15, 0.2) is 0 Å². The van der Waals surface area contributed by atoms with Crippen LogP contribution in [0.5, 0.6) is 0 Å². The van der Waals surface area contributed by atoms with E-state index >= 15 is 0 Å². The average Bonchev–Trinajstić information content (AvgIpc) is 2.30. The van der Waals surface area contributed by atoms with E-state index in [1.54, 1.807) is 12.1 Å². The molecule has 1 saturated heterocycles. The minimum absolute atomic E-state index is 0.510. The van der Waals surface area contributed by atoms with Gasteiger partial charge in [-0.3, -0.25) is 4.98 Å². The summed E-state index contributed by atoms with van der Waals surface area (Å²) in [5, 5.41) is 13.5. The van der Waals surface area contributed by atoms with Crippen LogP contribution in [0.4, 0.5) is 5.69 Å². The van der Waals surface area contributed by atoms with Gasteiger partial charge in [-0.05, 0) is 32.0 Å². The number of pyridine rings is 1. The van der Waals surface area contributed by atoms with Crippen molar-refractivity contribution in [2.24, 2.45) is 0 Å². The molecular formula is C11H13N3O. The van der Waals surface area contributed by atoms with Crippen LogP contribution in [0.25, 0.3) is 4.85 Å². The van der Waals surface area contributed by atoms with Gasteiger partial charge in [0, 0.05) is 6.20 Å². The lowest BCUT2D eigenvalue weighted by atomic mass is 9.89. The van der Waals surface area contributed by atoms with Crippen LogP contribution in [0.15, 0.2) is 18.3 Å². The maximum absolute atomic E-state index is 10.3. The minimum Gasteiger partial charge on any atom is -0.383 e. The molecule has 2 rings (SSSR count). The smallest absolute Gasteiger partial charge is 0.205 e. The van der Waals surface area contributed by atoms with Gasteiger partial charge < -0.3 is 10.4 Å². The molecule has 0 aromatic carbocycles. The minimum atomic E-state index is -0.814. The summed E-state index contributed by atoms with van der Waals surface area (Å²) >= 11 is 0. The standard InChI is InChI=1S/C11H13N3O/c1-12-9-2-3-10(14-8-9)11(15)4-6-13-7-5-11/h2-3,8,13,15H,4-7H2. The summed E-state index contributed by atoms with van der Waals surface area (Å²) in [6, 6.07) is 3.45. The van der Waals surface area contributed by atoms with Crippen molar-refractivity contribution in [3.8, 4) is 0 Å². The third-order valence-electron chi connectivity index (χ3n) is 2.78. The Bertz CT molecular complexity index is 374. The van der Waals surface area contributed by atoms with E-state index < -0.39 is 5.60 Å². The van der Waals surface area contributed by atoms with Gasteiger partial charge >= 0.3 is 0 Å². The van der Waals surface area contributed by atoms with Crippen LogP contribution < -0.4 is 5.32 Å². The molecule has 0 spiro atoms. The van der Waals surface area contributed by atoms with E-state index in [4.69, 9.17) is 6.57 Å². The largest absolute Gasteiger partial charge is 0.383 e. The van der Waals surface area contributed by atoms with Gasteiger partial charge in [0.05, 0.1) is 12.3 Å². The predicted molar refractivity (Wildman–Crippen MR) is 56.5 cm³/mol. The van der Waals surface area contributed by atoms with Gasteiger partial charge in [-0.1, -0.05) is 6.07 Å². The number of hydrogen-bond acceptors (Lipinski definition) is 3. The third kappa shape index (κ3) is 1.99. The molecular weight excluding hydrogens is 190 g/mol. The van der Waals surface area contributed by atoms with E-state index in [2.05, 4.69) is 15.1 Å². The van der Waals surface area contributed by atoms with Crippen LogP contribution in [-0.2, 0) is 5.60 Å². The van der Waals surface area contributed by atoms with Crippen LogP contribution in [0.3, 0.4) is 0 Å². The van der Waals surface area contributed by atoms with Gasteiger partial charge in [-0.15, -0.1) is 0 Å². The molecule has 1 aliphatic heterocycles. The molecule has 0 radical (unpaired) electrons. The zero-order valence-corrected chi connectivity index (χ0v) is 8.40. The molecule has 78 valence electrons. The van der Waals surface area contributed by atoms with Gasteiger partial charge in [0.1, 0.15) is 5.60 Å². The van der Waals surface area contributed by atoms with Gasteiger partial charge in [0.2, 0.25) is 5.69 Å². The molecule has 2 heterocycles. The summed E-state index contributed by atoms with van der Waals surface area (Å²) in [6.45, 7) is 8.44. The Hall–Kier alpha value is -1.44. The summed E-state index contributed by atoms with van der Waals surface area (Å²) in [5.41, 5.74) is 0.374. The van der Waals surface area contributed by atoms with Crippen molar-refractivity contribution in [3.05, 3.63) is 35.4 Å². The van der Waals surface area contributed by atoms with Crippen molar-refractivity contribution in [3.63, 3.8) is 0 Å². The molecule has 0 aliphatic carbocycles. The highest BCUT2D eigenvalue weighted by atomic mass is 16.3. The maximum atomic E-state index is 10.3. The van der Waals surface area contributed by atoms with Crippen molar-refractivity contribution in [1.29, 1.82) is 0 Å². The molecule has 4 nitrogen and oxygen atoms in total. The summed E-state index contributed by atoms with van der Waals surface area (Å²) in [4.78, 5) is 7.43. The van der Waals surface area contributed by atoms with E-state index in [9.17, 15) is 5.11 Å². The summed E-state index contributed by atoms with van der Waals surface area (Å²) in [6.07, 6.45) is 2.87. The Labute approximate surface area is 88.8 Å². The third-order valence-corrected chi connectivity index (χ3v) is 2.78. The second-order valence-electron chi connectivity index (χ2n) is 3.80. The van der Waals surface area contributed by atoms with E-state index in [1.165, 1.54) is 6.20 Å². The molecule has 0 atom stereocenters. The molecule has 0 amide bonds. The maximum Gasteiger partial charge on any atom is 0.205 e. The molecule has 0 unspecified atom stereocenters. The molecule has 0 bridgehead atoms. The highest BCUT2D eigenvalue weighted by Gasteiger charge is 2.32. The lowest BCUT2D eigenvalue weighted by molar-refractivity contribution is 0.00191. The predicted octanol–water partition coefficient (Wildman–Crippen LogP) is 1.20. The highest BCUT2D eigenvalue weighted by Crippen LogP contribution is 2.29. The molecule has 1 aromatic heterocycles. The van der Waals surface area contributed by atoms with Crippen molar-refractivity contribution < 1.29 is 5.11 Å². The second kappa shape index (κ2) is 3.97. The number of aliphatic hydroxyl groups is 1. The first-order valence-corrected chi connectivity index (χ1v) is 5.02. The number of rotatable bonds is 1. The number of nitrogens with zero attached hydrogens (tertiary/aromatic N) is 2. The van der Waals surface area contributed by atoms with Crippen molar-refractivity contribution in [2.45, 2.75) is 18.4 Å². The first kappa shape index (κ1) is 10.1. The zero-order valence-electron chi connectivity index (χ0n) is 8.40. The number of nitrogens with one attached hydrogen (secondary N) is 1. The topological polar surface area (TPSA) is 49.5 Å². The van der Waals surface area contributed by atoms with Crippen LogP contribution in [0, 0.1) is 6.57 Å². The Kier molecular flexibility index (Phi) is 2.67. The summed E-state index contributed by atoms with van der Waals surface area (Å²) in [7, 11) is 0. The fourth-order valence-electron chi connectivity index (χ4n) is 1.82. The lowest BCUT2D eigenvalue weighted by Crippen LogP contribution is -2.40. The monoisotopic (exact) mass is 203 g/mol. The Morgan fingerprint density at radius 3 is 2.67 bits per heavy atom. The normalized spacial score (nSPS) is 19.5. The number of aromatic nitrogens is 1. The Morgan fingerprint density at radius 1 is 1.40 bits per heavy atom. The van der Waals surface area contributed by atoms with E-state index in [1.807, 2.05) is 0 Å². The second-order valence-corrected chi connectivity index (χ2v) is 3.80. The summed E-state index contributed by atoms with van der Waals surface area (Å²) in [5.74, 6) is 0. The fraction of sp³-hybridized carbons (Fsp3) is 0.455. The average molecular weight is 203 g/mol. The highest BCUT2D eigenvalue weighted by molar-refractivity contribution is 5.42. The van der Waals surface area contributed by atoms with Crippen molar-refractivity contribution >= 4 is 5.69 Å². The van der Waals surface area contributed by atoms with Crippen LogP contribution >= 0.6 is 0 Å². The number of piperidine rings is 1. The van der Waals surface area contributed by atoms with Crippen LogP contribution in [0.2, 0.25) is 0 Å². The molecule has 0 saturated carbocycles. The van der Waals surface area contributed by atoms with Gasteiger partial charge in [0.25, 0.3) is 0 Å². The Balaban J connectivity index is 2.24. The van der Waals surface area contributed by atoms with E-state index in [0.29, 0.717) is 24.2 Å². The van der Waals surface area contributed by atoms with Gasteiger partial charge in [-0.2, -0.15) is 0 Å². The molecule has 15 heavy (non-hydrogen) atoms. The lowest BCUT2D eigenvalue weighted by Gasteiger charge is -2.31.